The zero-order chi connectivity index (χ0) is 26.4. The minimum absolute atomic E-state index is 0.134. The molecular formula is C29H34N2O4S2. The summed E-state index contributed by atoms with van der Waals surface area (Å²) in [4.78, 5) is 14.3. The number of thioether (sulfide) groups is 1. The molecule has 196 valence electrons. The summed E-state index contributed by atoms with van der Waals surface area (Å²) in [5.41, 5.74) is 4.15. The zero-order valence-corrected chi connectivity index (χ0v) is 23.2. The largest absolute Gasteiger partial charge is 0.494 e. The molecule has 0 radical (unpaired) electrons. The van der Waals surface area contributed by atoms with Crippen LogP contribution in [0.2, 0.25) is 0 Å². The van der Waals surface area contributed by atoms with Crippen LogP contribution in [0.25, 0.3) is 0 Å². The first kappa shape index (κ1) is 27.1. The lowest BCUT2D eigenvalue weighted by molar-refractivity contribution is -0.120. The smallest absolute Gasteiger partial charge is 0.264 e. The van der Waals surface area contributed by atoms with E-state index < -0.39 is 10.0 Å². The lowest BCUT2D eigenvalue weighted by Gasteiger charge is -2.26. The number of fused-ring (bicyclic) bond motifs is 1. The quantitative estimate of drug-likeness (QED) is 0.332. The number of nitrogens with zero attached hydrogens (tertiary/aromatic N) is 1. The highest BCUT2D eigenvalue weighted by Gasteiger charge is 2.28. The van der Waals surface area contributed by atoms with Gasteiger partial charge in [0.05, 0.1) is 23.2 Å². The summed E-state index contributed by atoms with van der Waals surface area (Å²) < 4.78 is 34.1. The average Bonchev–Trinajstić information content (AvgIpc) is 2.92. The highest BCUT2D eigenvalue weighted by molar-refractivity contribution is 7.98. The molecule has 3 aromatic rings. The summed E-state index contributed by atoms with van der Waals surface area (Å²) in [6.07, 6.45) is 6.49. The molecule has 8 heteroatoms. The van der Waals surface area contributed by atoms with Gasteiger partial charge in [-0.05, 0) is 111 Å². The van der Waals surface area contributed by atoms with E-state index >= 15 is 0 Å². The van der Waals surface area contributed by atoms with Gasteiger partial charge >= 0.3 is 0 Å². The molecule has 0 aromatic heterocycles. The van der Waals surface area contributed by atoms with E-state index in [4.69, 9.17) is 4.74 Å². The van der Waals surface area contributed by atoms with Gasteiger partial charge in [0.15, 0.2) is 0 Å². The van der Waals surface area contributed by atoms with Gasteiger partial charge in [-0.3, -0.25) is 9.10 Å². The van der Waals surface area contributed by atoms with E-state index in [1.54, 1.807) is 48.5 Å². The lowest BCUT2D eigenvalue weighted by atomic mass is 9.89. The van der Waals surface area contributed by atoms with E-state index in [0.29, 0.717) is 18.0 Å². The number of carbonyl (C=O) groups excluding carboxylic acids is 1. The van der Waals surface area contributed by atoms with Gasteiger partial charge in [-0.15, -0.1) is 11.8 Å². The summed E-state index contributed by atoms with van der Waals surface area (Å²) >= 11 is 1.54. The van der Waals surface area contributed by atoms with E-state index in [9.17, 15) is 13.2 Å². The molecule has 37 heavy (non-hydrogen) atoms. The Balaban J connectivity index is 1.57. The van der Waals surface area contributed by atoms with Crippen LogP contribution >= 0.6 is 11.8 Å². The Labute approximate surface area is 224 Å². The summed E-state index contributed by atoms with van der Waals surface area (Å²) in [7, 11) is -3.99. The van der Waals surface area contributed by atoms with Gasteiger partial charge < -0.3 is 10.1 Å². The third kappa shape index (κ3) is 6.48. The number of carbonyl (C=O) groups is 1. The second-order valence-electron chi connectivity index (χ2n) is 9.14. The van der Waals surface area contributed by atoms with E-state index in [0.717, 1.165) is 27.6 Å². The number of anilines is 1. The first-order chi connectivity index (χ1) is 17.8. The van der Waals surface area contributed by atoms with Crippen molar-refractivity contribution >= 4 is 33.4 Å². The summed E-state index contributed by atoms with van der Waals surface area (Å²) in [6, 6.07) is 19.6. The van der Waals surface area contributed by atoms with Crippen molar-refractivity contribution in [1.82, 2.24) is 5.32 Å². The highest BCUT2D eigenvalue weighted by atomic mass is 32.2. The van der Waals surface area contributed by atoms with E-state index in [1.807, 2.05) is 20.1 Å². The number of rotatable bonds is 10. The van der Waals surface area contributed by atoms with Gasteiger partial charge in [0.2, 0.25) is 5.91 Å². The van der Waals surface area contributed by atoms with Crippen molar-refractivity contribution < 1.29 is 17.9 Å². The number of hydrogen-bond acceptors (Lipinski definition) is 5. The Morgan fingerprint density at radius 3 is 2.32 bits per heavy atom. The van der Waals surface area contributed by atoms with Crippen LogP contribution in [0.3, 0.4) is 0 Å². The minimum atomic E-state index is -3.99. The molecule has 0 spiro atoms. The predicted octanol–water partition coefficient (Wildman–Crippen LogP) is 5.76. The molecule has 1 N–H and O–H groups in total. The van der Waals surface area contributed by atoms with Crippen molar-refractivity contribution in [2.75, 3.05) is 23.7 Å². The van der Waals surface area contributed by atoms with Crippen molar-refractivity contribution in [2.45, 2.75) is 55.4 Å². The maximum Gasteiger partial charge on any atom is 0.264 e. The number of benzene rings is 3. The summed E-state index contributed by atoms with van der Waals surface area (Å²) in [5, 5.41) is 3.00. The first-order valence-corrected chi connectivity index (χ1v) is 15.3. The summed E-state index contributed by atoms with van der Waals surface area (Å²) in [5.74, 6) is 0.266. The molecular weight excluding hydrogens is 504 g/mol. The Bertz CT molecular complexity index is 1320. The predicted molar refractivity (Wildman–Crippen MR) is 150 cm³/mol. The Morgan fingerprint density at radius 1 is 1.00 bits per heavy atom. The minimum Gasteiger partial charge on any atom is -0.494 e. The van der Waals surface area contributed by atoms with Crippen LogP contribution < -0.4 is 14.4 Å². The number of sulfonamides is 1. The molecule has 1 amide bonds. The molecule has 1 aliphatic carbocycles. The molecule has 0 saturated carbocycles. The standard InChI is InChI=1S/C29H34N2O4S2/c1-4-35-26-13-11-25(12-14-26)31(37(33,34)28-17-15-27(36-3)16-18-28)20-29(32)30-21(2)23-10-9-22-7-5-6-8-24(22)19-23/h9-19,21H,4-8,20H2,1-3H3,(H,30,32)/t21-/m0/s1. The van der Waals surface area contributed by atoms with Crippen molar-refractivity contribution in [2.24, 2.45) is 0 Å². The second kappa shape index (κ2) is 12.0. The molecule has 0 heterocycles. The Hall–Kier alpha value is -2.97. The third-order valence-corrected chi connectivity index (χ3v) is 9.15. The molecule has 0 bridgehead atoms. The molecule has 4 rings (SSSR count). The second-order valence-corrected chi connectivity index (χ2v) is 11.9. The highest BCUT2D eigenvalue weighted by Crippen LogP contribution is 2.28. The fourth-order valence-corrected chi connectivity index (χ4v) is 6.42. The maximum absolute atomic E-state index is 13.7. The molecule has 0 unspecified atom stereocenters. The van der Waals surface area contributed by atoms with Crippen molar-refractivity contribution in [1.29, 1.82) is 0 Å². The van der Waals surface area contributed by atoms with Crippen molar-refractivity contribution in [3.63, 3.8) is 0 Å². The normalized spacial score (nSPS) is 13.9. The molecule has 0 aliphatic heterocycles. The number of hydrogen-bond donors (Lipinski definition) is 1. The van der Waals surface area contributed by atoms with Crippen LogP contribution in [-0.4, -0.2) is 33.7 Å². The van der Waals surface area contributed by atoms with Crippen LogP contribution in [0.4, 0.5) is 5.69 Å². The van der Waals surface area contributed by atoms with Crippen molar-refractivity contribution in [3.8, 4) is 5.75 Å². The third-order valence-electron chi connectivity index (χ3n) is 6.62. The van der Waals surface area contributed by atoms with Crippen LogP contribution in [-0.2, 0) is 27.7 Å². The van der Waals surface area contributed by atoms with E-state index in [-0.39, 0.29) is 23.4 Å². The van der Waals surface area contributed by atoms with Gasteiger partial charge in [-0.1, -0.05) is 18.2 Å². The van der Waals surface area contributed by atoms with Crippen LogP contribution in [0.15, 0.2) is 76.5 Å². The monoisotopic (exact) mass is 538 g/mol. The van der Waals surface area contributed by atoms with Gasteiger partial charge in [0.1, 0.15) is 12.3 Å². The fourth-order valence-electron chi connectivity index (χ4n) is 4.59. The lowest BCUT2D eigenvalue weighted by Crippen LogP contribution is -2.41. The Morgan fingerprint density at radius 2 is 1.68 bits per heavy atom. The molecule has 0 saturated heterocycles. The molecule has 6 nitrogen and oxygen atoms in total. The van der Waals surface area contributed by atoms with Gasteiger partial charge in [0.25, 0.3) is 10.0 Å². The van der Waals surface area contributed by atoms with Gasteiger partial charge in [0, 0.05) is 4.90 Å². The van der Waals surface area contributed by atoms with Crippen LogP contribution in [0.1, 0.15) is 49.4 Å². The van der Waals surface area contributed by atoms with Crippen molar-refractivity contribution in [3.05, 3.63) is 83.4 Å². The average molecular weight is 539 g/mol. The SMILES string of the molecule is CCOc1ccc(N(CC(=O)N[C@@H](C)c2ccc3c(c2)CCCC3)S(=O)(=O)c2ccc(SC)cc2)cc1. The number of ether oxygens (including phenoxy) is 1. The number of aryl methyl sites for hydroxylation is 2. The Kier molecular flexibility index (Phi) is 8.82. The van der Waals surface area contributed by atoms with E-state index in [2.05, 4.69) is 23.5 Å². The molecule has 1 aliphatic rings. The molecule has 1 atom stereocenters. The fraction of sp³-hybridized carbons (Fsp3) is 0.345. The molecule has 0 fully saturated rings. The number of amides is 1. The number of nitrogens with one attached hydrogen (secondary N) is 1. The zero-order valence-electron chi connectivity index (χ0n) is 21.6. The van der Waals surface area contributed by atoms with Crippen LogP contribution in [0, 0.1) is 0 Å². The van der Waals surface area contributed by atoms with Crippen LogP contribution in [0.5, 0.6) is 5.75 Å². The topological polar surface area (TPSA) is 75.7 Å². The molecule has 3 aromatic carbocycles. The maximum atomic E-state index is 13.7. The first-order valence-electron chi connectivity index (χ1n) is 12.6. The van der Waals surface area contributed by atoms with Gasteiger partial charge in [-0.25, -0.2) is 8.42 Å². The summed E-state index contributed by atoms with van der Waals surface area (Å²) in [6.45, 7) is 3.98. The van der Waals surface area contributed by atoms with E-state index in [1.165, 1.54) is 35.7 Å². The van der Waals surface area contributed by atoms with Gasteiger partial charge in [-0.2, -0.15) is 0 Å².